The number of amidine groups is 1. The molecule has 0 spiro atoms. The number of nitrogens with one attached hydrogen (secondary N) is 1. The van der Waals surface area contributed by atoms with Crippen molar-refractivity contribution in [3.05, 3.63) is 24.1 Å². The van der Waals surface area contributed by atoms with Gasteiger partial charge < -0.3 is 10.9 Å². The lowest BCUT2D eigenvalue weighted by atomic mass is 9.98. The van der Waals surface area contributed by atoms with Crippen LogP contribution in [0.3, 0.4) is 0 Å². The summed E-state index contributed by atoms with van der Waals surface area (Å²) in [5.41, 5.74) is 4.41. The van der Waals surface area contributed by atoms with E-state index in [4.69, 9.17) is 10.9 Å². The molecular formula is C11H15FN4O3S. The molecule has 1 heterocycles. The van der Waals surface area contributed by atoms with E-state index in [-0.39, 0.29) is 5.84 Å². The number of nitrogens with two attached hydrogens (primary N) is 1. The van der Waals surface area contributed by atoms with Crippen LogP contribution in [-0.4, -0.2) is 30.0 Å². The first-order chi connectivity index (χ1) is 9.41. The zero-order valence-electron chi connectivity index (χ0n) is 10.6. The predicted octanol–water partition coefficient (Wildman–Crippen LogP) is 0.558. The normalized spacial score (nSPS) is 19.1. The molecule has 0 amide bonds. The summed E-state index contributed by atoms with van der Waals surface area (Å²) < 4.78 is 40.4. The molecule has 1 fully saturated rings. The van der Waals surface area contributed by atoms with E-state index in [1.807, 2.05) is 0 Å². The van der Waals surface area contributed by atoms with Crippen molar-refractivity contribution in [1.82, 2.24) is 9.71 Å². The van der Waals surface area contributed by atoms with Crippen LogP contribution in [0.2, 0.25) is 0 Å². The number of rotatable bonds is 4. The zero-order valence-corrected chi connectivity index (χ0v) is 11.4. The minimum absolute atomic E-state index is 0.227. The Kier molecular flexibility index (Phi) is 3.91. The van der Waals surface area contributed by atoms with E-state index in [1.165, 1.54) is 12.3 Å². The molecule has 1 aromatic rings. The summed E-state index contributed by atoms with van der Waals surface area (Å²) in [6.07, 6.45) is 3.41. The van der Waals surface area contributed by atoms with Crippen molar-refractivity contribution in [3.63, 3.8) is 0 Å². The van der Waals surface area contributed by atoms with Crippen molar-refractivity contribution in [1.29, 1.82) is 0 Å². The Balaban J connectivity index is 2.39. The van der Waals surface area contributed by atoms with Gasteiger partial charge in [-0.3, -0.25) is 0 Å². The van der Waals surface area contributed by atoms with Crippen LogP contribution < -0.4 is 10.5 Å². The van der Waals surface area contributed by atoms with E-state index >= 15 is 0 Å². The van der Waals surface area contributed by atoms with Gasteiger partial charge in [0, 0.05) is 6.20 Å². The fourth-order valence-electron chi connectivity index (χ4n) is 2.36. The molecule has 0 radical (unpaired) electrons. The second-order valence-corrected chi connectivity index (χ2v) is 6.27. The Morgan fingerprint density at radius 3 is 2.70 bits per heavy atom. The molecule has 7 nitrogen and oxygen atoms in total. The number of sulfonamides is 1. The summed E-state index contributed by atoms with van der Waals surface area (Å²) in [5.74, 6) is -1.18. The van der Waals surface area contributed by atoms with Crippen LogP contribution in [-0.2, 0) is 10.0 Å². The summed E-state index contributed by atoms with van der Waals surface area (Å²) in [6.45, 7) is 0. The average Bonchev–Trinajstić information content (AvgIpc) is 2.87. The fourth-order valence-corrected chi connectivity index (χ4v) is 3.80. The molecule has 0 atom stereocenters. The maximum atomic E-state index is 13.6. The monoisotopic (exact) mass is 302 g/mol. The van der Waals surface area contributed by atoms with Gasteiger partial charge in [-0.1, -0.05) is 18.0 Å². The third-order valence-corrected chi connectivity index (χ3v) is 4.83. The summed E-state index contributed by atoms with van der Waals surface area (Å²) in [6, 6.07) is 2.30. The maximum Gasteiger partial charge on any atom is 0.261 e. The fraction of sp³-hybridized carbons (Fsp3) is 0.455. The highest BCUT2D eigenvalue weighted by Crippen LogP contribution is 2.31. The van der Waals surface area contributed by atoms with Gasteiger partial charge >= 0.3 is 0 Å². The van der Waals surface area contributed by atoms with Gasteiger partial charge in [0.25, 0.3) is 10.0 Å². The van der Waals surface area contributed by atoms with Crippen LogP contribution in [0.1, 0.15) is 25.7 Å². The Morgan fingerprint density at radius 2 is 2.15 bits per heavy atom. The van der Waals surface area contributed by atoms with E-state index in [9.17, 15) is 12.8 Å². The highest BCUT2D eigenvalue weighted by Gasteiger charge is 2.43. The number of hydrogen-bond acceptors (Lipinski definition) is 5. The average molecular weight is 302 g/mol. The van der Waals surface area contributed by atoms with Crippen molar-refractivity contribution >= 4 is 15.9 Å². The van der Waals surface area contributed by atoms with E-state index in [1.54, 1.807) is 0 Å². The van der Waals surface area contributed by atoms with Crippen LogP contribution >= 0.6 is 0 Å². The summed E-state index contributed by atoms with van der Waals surface area (Å²) in [5, 5.41) is 11.0. The van der Waals surface area contributed by atoms with Crippen LogP contribution in [0.5, 0.6) is 0 Å². The van der Waals surface area contributed by atoms with Crippen LogP contribution in [0.4, 0.5) is 4.39 Å². The van der Waals surface area contributed by atoms with Crippen LogP contribution in [0.15, 0.2) is 28.5 Å². The molecule has 0 aromatic carbocycles. The van der Waals surface area contributed by atoms with Crippen molar-refractivity contribution in [2.24, 2.45) is 10.9 Å². The quantitative estimate of drug-likeness (QED) is 0.325. The lowest BCUT2D eigenvalue weighted by Gasteiger charge is -2.28. The molecule has 4 N–H and O–H groups in total. The Bertz CT molecular complexity index is 626. The zero-order chi connectivity index (χ0) is 14.8. The van der Waals surface area contributed by atoms with Gasteiger partial charge in [-0.25, -0.2) is 17.8 Å². The standard InChI is InChI=1S/C11H15FN4O3S/c12-8-4-3-7-14-9(8)20(18,19)16-11(10(13)15-17)5-1-2-6-11/h3-4,7,16-17H,1-2,5-6H2,(H2,13,15). The topological polar surface area (TPSA) is 118 Å². The number of oxime groups is 1. The van der Waals surface area contributed by atoms with Crippen molar-refractivity contribution in [2.75, 3.05) is 0 Å². The Labute approximate surface area is 115 Å². The van der Waals surface area contributed by atoms with Crippen molar-refractivity contribution < 1.29 is 18.0 Å². The first-order valence-electron chi connectivity index (χ1n) is 6.04. The number of hydrogen-bond donors (Lipinski definition) is 3. The van der Waals surface area contributed by atoms with Gasteiger partial charge in [-0.2, -0.15) is 4.72 Å². The molecule has 1 saturated carbocycles. The molecule has 9 heteroatoms. The largest absolute Gasteiger partial charge is 0.409 e. The molecule has 1 aromatic heterocycles. The van der Waals surface area contributed by atoms with Gasteiger partial charge in [-0.15, -0.1) is 0 Å². The Hall–Kier alpha value is -1.74. The SMILES string of the molecule is N/C(=N/O)C1(NS(=O)(=O)c2ncccc2F)CCCC1. The first kappa shape index (κ1) is 14.7. The third-order valence-electron chi connectivity index (χ3n) is 3.36. The van der Waals surface area contributed by atoms with Gasteiger partial charge in [0.1, 0.15) is 0 Å². The Morgan fingerprint density at radius 1 is 1.50 bits per heavy atom. The molecule has 0 unspecified atom stereocenters. The second kappa shape index (κ2) is 5.33. The highest BCUT2D eigenvalue weighted by atomic mass is 32.2. The smallest absolute Gasteiger partial charge is 0.261 e. The third kappa shape index (κ3) is 2.59. The van der Waals surface area contributed by atoms with Gasteiger partial charge in [0.15, 0.2) is 11.7 Å². The summed E-state index contributed by atoms with van der Waals surface area (Å²) >= 11 is 0. The molecule has 1 aliphatic carbocycles. The molecule has 20 heavy (non-hydrogen) atoms. The molecule has 2 rings (SSSR count). The van der Waals surface area contributed by atoms with Gasteiger partial charge in [0.05, 0.1) is 5.54 Å². The van der Waals surface area contributed by atoms with E-state index in [0.29, 0.717) is 12.8 Å². The highest BCUT2D eigenvalue weighted by molar-refractivity contribution is 7.89. The number of aromatic nitrogens is 1. The van der Waals surface area contributed by atoms with E-state index in [0.717, 1.165) is 18.9 Å². The minimum atomic E-state index is -4.20. The lowest BCUT2D eigenvalue weighted by molar-refractivity contribution is 0.309. The number of pyridine rings is 1. The van der Waals surface area contributed by atoms with Gasteiger partial charge in [0.2, 0.25) is 5.03 Å². The molecule has 0 aliphatic heterocycles. The summed E-state index contributed by atoms with van der Waals surface area (Å²) in [4.78, 5) is 3.54. The molecule has 0 bridgehead atoms. The maximum absolute atomic E-state index is 13.6. The second-order valence-electron chi connectivity index (χ2n) is 4.67. The summed E-state index contributed by atoms with van der Waals surface area (Å²) in [7, 11) is -4.20. The number of nitrogens with zero attached hydrogens (tertiary/aromatic N) is 2. The first-order valence-corrected chi connectivity index (χ1v) is 7.52. The van der Waals surface area contributed by atoms with Crippen molar-refractivity contribution in [2.45, 2.75) is 36.2 Å². The van der Waals surface area contributed by atoms with E-state index < -0.39 is 26.4 Å². The van der Waals surface area contributed by atoms with Gasteiger partial charge in [-0.05, 0) is 25.0 Å². The van der Waals surface area contributed by atoms with E-state index in [2.05, 4.69) is 14.9 Å². The molecule has 1 aliphatic rings. The van der Waals surface area contributed by atoms with Crippen LogP contribution in [0.25, 0.3) is 0 Å². The molecular weight excluding hydrogens is 287 g/mol. The predicted molar refractivity (Wildman–Crippen MR) is 69.1 cm³/mol. The molecule has 0 saturated heterocycles. The lowest BCUT2D eigenvalue weighted by Crippen LogP contribution is -2.55. The number of halogens is 1. The minimum Gasteiger partial charge on any atom is -0.409 e. The van der Waals surface area contributed by atoms with Crippen molar-refractivity contribution in [3.8, 4) is 0 Å². The van der Waals surface area contributed by atoms with Crippen LogP contribution in [0, 0.1) is 5.82 Å². The molecule has 110 valence electrons.